The van der Waals surface area contributed by atoms with Gasteiger partial charge >= 0.3 is 0 Å². The van der Waals surface area contributed by atoms with Gasteiger partial charge in [0, 0.05) is 28.7 Å². The van der Waals surface area contributed by atoms with Crippen LogP contribution in [0, 0.1) is 6.92 Å². The van der Waals surface area contributed by atoms with Crippen LogP contribution in [0.5, 0.6) is 23.0 Å². The van der Waals surface area contributed by atoms with Crippen molar-refractivity contribution in [1.29, 1.82) is 0 Å². The number of likely N-dealkylation sites (tertiary alicyclic amines) is 1. The van der Waals surface area contributed by atoms with Crippen LogP contribution in [0.25, 0.3) is 10.1 Å². The maximum absolute atomic E-state index is 13.7. The summed E-state index contributed by atoms with van der Waals surface area (Å²) in [6, 6.07) is 21.0. The van der Waals surface area contributed by atoms with Crippen molar-refractivity contribution in [2.24, 2.45) is 0 Å². The molecule has 2 heterocycles. The summed E-state index contributed by atoms with van der Waals surface area (Å²) in [7, 11) is 0. The SMILES string of the molecule is Cc1ccccc1C(=O)c1sc2cc(OPI)ccc2c1Oc1ccc(OC2CN(CCCCCF)C2)cc1. The number of aryl methyl sites for hydroxylation is 1. The molecule has 1 aliphatic heterocycles. The molecule has 4 aromatic rings. The van der Waals surface area contributed by atoms with Crippen molar-refractivity contribution >= 4 is 55.7 Å². The molecule has 0 amide bonds. The average Bonchev–Trinajstić information content (AvgIpc) is 3.27. The summed E-state index contributed by atoms with van der Waals surface area (Å²) in [6.07, 6.45) is 2.78. The van der Waals surface area contributed by atoms with Crippen LogP contribution in [-0.2, 0) is 0 Å². The van der Waals surface area contributed by atoms with Gasteiger partial charge in [-0.15, -0.1) is 11.3 Å². The van der Waals surface area contributed by atoms with Crippen LogP contribution >= 0.6 is 39.8 Å². The second-order valence-corrected chi connectivity index (χ2v) is 12.3. The predicted molar refractivity (Wildman–Crippen MR) is 167 cm³/mol. The fourth-order valence-electron chi connectivity index (χ4n) is 4.64. The Morgan fingerprint density at radius 1 is 1.03 bits per heavy atom. The predicted octanol–water partition coefficient (Wildman–Crippen LogP) is 8.76. The van der Waals surface area contributed by atoms with Gasteiger partial charge in [0.1, 0.15) is 34.7 Å². The molecule has 0 radical (unpaired) electrons. The standard InChI is InChI=1S/C30H30FINO4PS/c1-20-7-3-4-8-25(20)28(34)30-29(26-14-13-23(37-38-32)17-27(26)39-30)36-22-11-9-21(10-12-22)35-24-18-33(19-24)16-6-2-5-15-31/h3-4,7-14,17,24,38H,2,5-6,15-16,18-19H2,1H3. The van der Waals surface area contributed by atoms with Crippen molar-refractivity contribution in [3.8, 4) is 23.0 Å². The number of hydrogen-bond acceptors (Lipinski definition) is 6. The maximum atomic E-state index is 13.7. The Kier molecular flexibility index (Phi) is 9.71. The lowest BCUT2D eigenvalue weighted by Crippen LogP contribution is -2.53. The molecule has 3 aromatic carbocycles. The molecule has 1 aromatic heterocycles. The Balaban J connectivity index is 1.31. The van der Waals surface area contributed by atoms with E-state index in [0.717, 1.165) is 59.6 Å². The Bertz CT molecular complexity index is 1420. The van der Waals surface area contributed by atoms with E-state index in [9.17, 15) is 9.18 Å². The molecule has 1 unspecified atom stereocenters. The van der Waals surface area contributed by atoms with Gasteiger partial charge in [-0.2, -0.15) is 0 Å². The summed E-state index contributed by atoms with van der Waals surface area (Å²) in [5.74, 6) is 2.70. The maximum Gasteiger partial charge on any atom is 0.207 e. The first-order valence-electron chi connectivity index (χ1n) is 13.0. The molecule has 1 atom stereocenters. The molecule has 5 rings (SSSR count). The first-order valence-corrected chi connectivity index (χ1v) is 17.8. The molecule has 1 aliphatic rings. The number of thiophene rings is 1. The van der Waals surface area contributed by atoms with Gasteiger partial charge in [0.15, 0.2) is 5.75 Å². The third kappa shape index (κ3) is 6.91. The van der Waals surface area contributed by atoms with Crippen LogP contribution in [0.3, 0.4) is 0 Å². The minimum atomic E-state index is -0.229. The molecule has 5 nitrogen and oxygen atoms in total. The lowest BCUT2D eigenvalue weighted by atomic mass is 10.0. The van der Waals surface area contributed by atoms with Crippen LogP contribution < -0.4 is 14.0 Å². The van der Waals surface area contributed by atoms with E-state index >= 15 is 0 Å². The first kappa shape index (κ1) is 28.3. The molecule has 39 heavy (non-hydrogen) atoms. The summed E-state index contributed by atoms with van der Waals surface area (Å²) >= 11 is 3.62. The zero-order valence-electron chi connectivity index (χ0n) is 21.6. The number of benzene rings is 3. The van der Waals surface area contributed by atoms with Crippen LogP contribution in [0.15, 0.2) is 66.7 Å². The Labute approximate surface area is 247 Å². The van der Waals surface area contributed by atoms with E-state index < -0.39 is 0 Å². The monoisotopic (exact) mass is 677 g/mol. The van der Waals surface area contributed by atoms with E-state index in [1.807, 2.05) is 73.7 Å². The van der Waals surface area contributed by atoms with Gasteiger partial charge in [0.2, 0.25) is 5.78 Å². The Hall–Kier alpha value is -2.26. The third-order valence-corrected chi connectivity index (χ3v) is 8.85. The van der Waals surface area contributed by atoms with Crippen LogP contribution in [-0.4, -0.2) is 43.1 Å². The molecular weight excluding hydrogens is 647 g/mol. The number of ether oxygens (including phenoxy) is 2. The van der Waals surface area contributed by atoms with E-state index in [1.54, 1.807) is 0 Å². The van der Waals surface area contributed by atoms with Crippen molar-refractivity contribution in [1.82, 2.24) is 4.90 Å². The Morgan fingerprint density at radius 2 is 1.77 bits per heavy atom. The van der Waals surface area contributed by atoms with E-state index in [2.05, 4.69) is 26.9 Å². The highest BCUT2D eigenvalue weighted by Crippen LogP contribution is 2.44. The second kappa shape index (κ2) is 13.4. The van der Waals surface area contributed by atoms with Gasteiger partial charge in [0.05, 0.1) is 6.67 Å². The summed E-state index contributed by atoms with van der Waals surface area (Å²) in [4.78, 5) is 16.6. The summed E-state index contributed by atoms with van der Waals surface area (Å²) in [5, 5.41) is 0.877. The van der Waals surface area contributed by atoms with Crippen LogP contribution in [0.4, 0.5) is 4.39 Å². The third-order valence-electron chi connectivity index (χ3n) is 6.75. The second-order valence-electron chi connectivity index (χ2n) is 9.56. The number of fused-ring (bicyclic) bond motifs is 1. The average molecular weight is 678 g/mol. The smallest absolute Gasteiger partial charge is 0.207 e. The van der Waals surface area contributed by atoms with Crippen LogP contribution in [0.1, 0.15) is 40.1 Å². The highest BCUT2D eigenvalue weighted by atomic mass is 127. The van der Waals surface area contributed by atoms with Gasteiger partial charge in [-0.3, -0.25) is 14.1 Å². The van der Waals surface area contributed by atoms with Crippen molar-refractivity contribution < 1.29 is 23.2 Å². The number of halogens is 2. The molecule has 0 bridgehead atoms. The van der Waals surface area contributed by atoms with Crippen LogP contribution in [0.2, 0.25) is 0 Å². The van der Waals surface area contributed by atoms with Gasteiger partial charge in [-0.25, -0.2) is 0 Å². The van der Waals surface area contributed by atoms with Gasteiger partial charge in [-0.1, -0.05) is 24.3 Å². The number of carbonyl (C=O) groups excluding carboxylic acids is 1. The number of ketones is 1. The fourth-order valence-corrected chi connectivity index (χ4v) is 6.74. The first-order chi connectivity index (χ1) is 19.1. The highest BCUT2D eigenvalue weighted by Gasteiger charge is 2.28. The van der Waals surface area contributed by atoms with E-state index in [4.69, 9.17) is 14.0 Å². The molecular formula is C30H30FINO4PS. The minimum absolute atomic E-state index is 0.0540. The number of alkyl halides is 1. The molecule has 204 valence electrons. The number of rotatable bonds is 13. The largest absolute Gasteiger partial charge is 0.488 e. The number of carbonyl (C=O) groups is 1. The summed E-state index contributed by atoms with van der Waals surface area (Å²) < 4.78 is 31.4. The highest BCUT2D eigenvalue weighted by molar-refractivity contribution is 14.2. The van der Waals surface area contributed by atoms with Crippen molar-refractivity contribution in [3.63, 3.8) is 0 Å². The summed E-state index contributed by atoms with van der Waals surface area (Å²) in [6.45, 7) is 4.80. The molecule has 9 heteroatoms. The molecule has 0 aliphatic carbocycles. The van der Waals surface area contributed by atoms with Crippen molar-refractivity contribution in [2.45, 2.75) is 32.3 Å². The molecule has 0 spiro atoms. The van der Waals surface area contributed by atoms with E-state index in [0.29, 0.717) is 34.8 Å². The number of nitrogens with zero attached hydrogens (tertiary/aromatic N) is 1. The lowest BCUT2D eigenvalue weighted by molar-refractivity contribution is 0.0190. The summed E-state index contributed by atoms with van der Waals surface area (Å²) in [5.41, 5.74) is 1.59. The topological polar surface area (TPSA) is 48.0 Å². The molecule has 0 saturated carbocycles. The van der Waals surface area contributed by atoms with Gasteiger partial charge < -0.3 is 14.0 Å². The van der Waals surface area contributed by atoms with Crippen molar-refractivity contribution in [2.75, 3.05) is 26.3 Å². The van der Waals surface area contributed by atoms with Crippen molar-refractivity contribution in [3.05, 3.63) is 82.7 Å². The van der Waals surface area contributed by atoms with E-state index in [1.165, 1.54) is 11.3 Å². The minimum Gasteiger partial charge on any atom is -0.488 e. The lowest BCUT2D eigenvalue weighted by Gasteiger charge is -2.39. The Morgan fingerprint density at radius 3 is 2.51 bits per heavy atom. The zero-order chi connectivity index (χ0) is 27.2. The van der Waals surface area contributed by atoms with E-state index in [-0.39, 0.29) is 18.6 Å². The normalized spacial score (nSPS) is 14.1. The molecule has 1 saturated heterocycles. The quantitative estimate of drug-likeness (QED) is 0.0613. The van der Waals surface area contributed by atoms with Gasteiger partial charge in [-0.05, 0) is 103 Å². The zero-order valence-corrected chi connectivity index (χ0v) is 25.6. The molecule has 1 fully saturated rings. The molecule has 0 N–H and O–H groups in total. The number of hydrogen-bond donors (Lipinski definition) is 0. The number of unbranched alkanes of at least 4 members (excludes halogenated alkanes) is 2. The van der Waals surface area contributed by atoms with Gasteiger partial charge in [0.25, 0.3) is 0 Å². The fraction of sp³-hybridized carbons (Fsp3) is 0.300.